The van der Waals surface area contributed by atoms with Crippen molar-refractivity contribution in [3.63, 3.8) is 0 Å². The molecule has 7 nitrogen and oxygen atoms in total. The largest absolute Gasteiger partial charge is 0.338 e. The molecule has 1 aliphatic heterocycles. The fourth-order valence-corrected chi connectivity index (χ4v) is 2.46. The van der Waals surface area contributed by atoms with Gasteiger partial charge in [-0.25, -0.2) is 19.1 Å². The van der Waals surface area contributed by atoms with Crippen LogP contribution in [0.3, 0.4) is 0 Å². The van der Waals surface area contributed by atoms with Crippen molar-refractivity contribution in [2.24, 2.45) is 7.05 Å². The van der Waals surface area contributed by atoms with Crippen LogP contribution in [0, 0.1) is 0 Å². The highest BCUT2D eigenvalue weighted by Crippen LogP contribution is 2.14. The van der Waals surface area contributed by atoms with Crippen molar-refractivity contribution in [2.45, 2.75) is 12.8 Å². The number of amides is 1. The van der Waals surface area contributed by atoms with Gasteiger partial charge in [0.2, 0.25) is 5.28 Å². The van der Waals surface area contributed by atoms with E-state index in [0.717, 1.165) is 17.4 Å². The van der Waals surface area contributed by atoms with Crippen molar-refractivity contribution < 1.29 is 4.79 Å². The minimum atomic E-state index is -0.427. The molecule has 8 heteroatoms. The van der Waals surface area contributed by atoms with Gasteiger partial charge in [-0.1, -0.05) is 0 Å². The topological polar surface area (TPSA) is 73.0 Å². The molecule has 1 saturated heterocycles. The molecule has 3 heterocycles. The van der Waals surface area contributed by atoms with Gasteiger partial charge in [0, 0.05) is 20.1 Å². The van der Waals surface area contributed by atoms with Crippen LogP contribution >= 0.6 is 11.6 Å². The van der Waals surface area contributed by atoms with Crippen molar-refractivity contribution in [3.05, 3.63) is 22.0 Å². The Morgan fingerprint density at radius 3 is 2.74 bits per heavy atom. The number of aromatic nitrogens is 4. The maximum absolute atomic E-state index is 12.4. The maximum Gasteiger partial charge on any atom is 0.338 e. The second-order valence-corrected chi connectivity index (χ2v) is 4.84. The summed E-state index contributed by atoms with van der Waals surface area (Å²) >= 11 is 5.72. The third kappa shape index (κ3) is 1.81. The first-order valence-corrected chi connectivity index (χ1v) is 6.36. The number of carbonyl (C=O) groups is 1. The zero-order chi connectivity index (χ0) is 13.6. The van der Waals surface area contributed by atoms with Crippen LogP contribution in [0.4, 0.5) is 4.79 Å². The van der Waals surface area contributed by atoms with Crippen LogP contribution in [0.5, 0.6) is 0 Å². The van der Waals surface area contributed by atoms with E-state index in [-0.39, 0.29) is 11.3 Å². The Labute approximate surface area is 113 Å². The van der Waals surface area contributed by atoms with Crippen LogP contribution in [-0.2, 0) is 7.05 Å². The Balaban J connectivity index is 2.20. The lowest BCUT2D eigenvalue weighted by molar-refractivity contribution is 0.210. The van der Waals surface area contributed by atoms with Gasteiger partial charge in [-0.15, -0.1) is 0 Å². The summed E-state index contributed by atoms with van der Waals surface area (Å²) in [6.45, 7) is 1.35. The number of carbonyl (C=O) groups excluding carboxylic acids is 1. The lowest BCUT2D eigenvalue weighted by Gasteiger charge is -2.14. The van der Waals surface area contributed by atoms with Gasteiger partial charge in [0.15, 0.2) is 5.65 Å². The monoisotopic (exact) mass is 281 g/mol. The molecule has 1 aliphatic rings. The first-order valence-electron chi connectivity index (χ1n) is 5.99. The van der Waals surface area contributed by atoms with Crippen LogP contribution < -0.4 is 5.69 Å². The summed E-state index contributed by atoms with van der Waals surface area (Å²) in [4.78, 5) is 34.0. The summed E-state index contributed by atoms with van der Waals surface area (Å²) in [6, 6.07) is -0.320. The van der Waals surface area contributed by atoms with Crippen LogP contribution in [-0.4, -0.2) is 43.1 Å². The van der Waals surface area contributed by atoms with E-state index in [4.69, 9.17) is 11.6 Å². The summed E-state index contributed by atoms with van der Waals surface area (Å²) in [5.41, 5.74) is 0.315. The predicted molar refractivity (Wildman–Crippen MR) is 69.4 cm³/mol. The van der Waals surface area contributed by atoms with Crippen molar-refractivity contribution in [1.29, 1.82) is 0 Å². The number of rotatable bonds is 0. The first-order chi connectivity index (χ1) is 9.09. The summed E-state index contributed by atoms with van der Waals surface area (Å²) in [6.07, 6.45) is 3.33. The molecule has 3 rings (SSSR count). The molecule has 1 fully saturated rings. The lowest BCUT2D eigenvalue weighted by Crippen LogP contribution is -2.38. The number of imidazole rings is 1. The Hall–Kier alpha value is -1.89. The molecule has 1 amide bonds. The molecule has 0 unspecified atom stereocenters. The van der Waals surface area contributed by atoms with Gasteiger partial charge in [-0.05, 0) is 24.4 Å². The molecule has 0 saturated carbocycles. The van der Waals surface area contributed by atoms with Gasteiger partial charge in [0.05, 0.1) is 6.20 Å². The molecule has 0 aromatic carbocycles. The zero-order valence-electron chi connectivity index (χ0n) is 10.3. The van der Waals surface area contributed by atoms with E-state index in [2.05, 4.69) is 9.97 Å². The standard InChI is InChI=1S/C11H12ClN5O2/c1-15-8-7(6-13-9(12)14-8)17(10(15)18)11(19)16-4-2-3-5-16/h6H,2-5H2,1H3. The molecular formula is C11H12ClN5O2. The van der Waals surface area contributed by atoms with Crippen molar-refractivity contribution in [3.8, 4) is 0 Å². The van der Waals surface area contributed by atoms with Gasteiger partial charge < -0.3 is 4.90 Å². The lowest BCUT2D eigenvalue weighted by atomic mass is 10.4. The molecule has 100 valence electrons. The smallest absolute Gasteiger partial charge is 0.324 e. The van der Waals surface area contributed by atoms with E-state index in [1.54, 1.807) is 11.9 Å². The van der Waals surface area contributed by atoms with E-state index in [0.29, 0.717) is 24.3 Å². The third-order valence-corrected chi connectivity index (χ3v) is 3.51. The summed E-state index contributed by atoms with van der Waals surface area (Å²) in [5, 5.41) is 0.0499. The Morgan fingerprint density at radius 1 is 1.37 bits per heavy atom. The highest BCUT2D eigenvalue weighted by Gasteiger charge is 2.25. The average molecular weight is 282 g/mol. The van der Waals surface area contributed by atoms with Gasteiger partial charge in [-0.2, -0.15) is 4.98 Å². The fourth-order valence-electron chi connectivity index (χ4n) is 2.33. The Morgan fingerprint density at radius 2 is 2.05 bits per heavy atom. The van der Waals surface area contributed by atoms with Crippen LogP contribution in [0.15, 0.2) is 11.0 Å². The highest BCUT2D eigenvalue weighted by atomic mass is 35.5. The van der Waals surface area contributed by atoms with E-state index in [1.165, 1.54) is 10.8 Å². The van der Waals surface area contributed by atoms with Crippen molar-refractivity contribution >= 4 is 28.8 Å². The van der Waals surface area contributed by atoms with E-state index in [9.17, 15) is 9.59 Å². The first kappa shape index (κ1) is 12.2. The van der Waals surface area contributed by atoms with E-state index < -0.39 is 5.69 Å². The molecule has 2 aromatic rings. The quantitative estimate of drug-likeness (QED) is 0.671. The number of likely N-dealkylation sites (tertiary alicyclic amines) is 1. The summed E-state index contributed by atoms with van der Waals surface area (Å²) in [5.74, 6) is 0. The van der Waals surface area contributed by atoms with Crippen LogP contribution in [0.2, 0.25) is 5.28 Å². The number of hydrogen-bond donors (Lipinski definition) is 0. The third-order valence-electron chi connectivity index (χ3n) is 3.33. The van der Waals surface area contributed by atoms with E-state index in [1.807, 2.05) is 0 Å². The molecule has 0 aliphatic carbocycles. The maximum atomic E-state index is 12.4. The summed E-state index contributed by atoms with van der Waals surface area (Å²) < 4.78 is 2.41. The van der Waals surface area contributed by atoms with Crippen LogP contribution in [0.1, 0.15) is 12.8 Å². The number of hydrogen-bond acceptors (Lipinski definition) is 4. The second-order valence-electron chi connectivity index (χ2n) is 4.50. The van der Waals surface area contributed by atoms with Crippen LogP contribution in [0.25, 0.3) is 11.2 Å². The van der Waals surface area contributed by atoms with Crippen molar-refractivity contribution in [2.75, 3.05) is 13.1 Å². The van der Waals surface area contributed by atoms with E-state index >= 15 is 0 Å². The van der Waals surface area contributed by atoms with Crippen molar-refractivity contribution in [1.82, 2.24) is 24.0 Å². The number of aryl methyl sites for hydroxylation is 1. The normalized spacial score (nSPS) is 15.4. The minimum absolute atomic E-state index is 0.0499. The number of nitrogens with zero attached hydrogens (tertiary/aromatic N) is 5. The van der Waals surface area contributed by atoms with Gasteiger partial charge >= 0.3 is 11.7 Å². The molecule has 0 radical (unpaired) electrons. The minimum Gasteiger partial charge on any atom is -0.324 e. The molecule has 0 bridgehead atoms. The molecule has 0 spiro atoms. The molecule has 0 atom stereocenters. The number of fused-ring (bicyclic) bond motifs is 1. The SMILES string of the molecule is Cn1c(=O)n(C(=O)N2CCCC2)c2cnc(Cl)nc21. The highest BCUT2D eigenvalue weighted by molar-refractivity contribution is 6.28. The van der Waals surface area contributed by atoms with Gasteiger partial charge in [0.25, 0.3) is 0 Å². The van der Waals surface area contributed by atoms with Gasteiger partial charge in [-0.3, -0.25) is 4.57 Å². The second kappa shape index (κ2) is 4.34. The zero-order valence-corrected chi connectivity index (χ0v) is 11.1. The van der Waals surface area contributed by atoms with Gasteiger partial charge in [0.1, 0.15) is 5.52 Å². The average Bonchev–Trinajstić information content (AvgIpc) is 2.99. The Kier molecular flexibility index (Phi) is 2.78. The molecule has 0 N–H and O–H groups in total. The summed E-state index contributed by atoms with van der Waals surface area (Å²) in [7, 11) is 1.56. The molecular weight excluding hydrogens is 270 g/mol. The molecule has 19 heavy (non-hydrogen) atoms. The predicted octanol–water partition coefficient (Wildman–Crippen LogP) is 0.847. The number of halogens is 1. The Bertz CT molecular complexity index is 714. The molecule has 2 aromatic heterocycles. The fraction of sp³-hybridized carbons (Fsp3) is 0.455.